The van der Waals surface area contributed by atoms with Gasteiger partial charge in [-0.25, -0.2) is 0 Å². The van der Waals surface area contributed by atoms with Crippen LogP contribution in [0.25, 0.3) is 28.1 Å². The van der Waals surface area contributed by atoms with Gasteiger partial charge in [0.25, 0.3) is 0 Å². The minimum Gasteiger partial charge on any atom is -0.346 e. The quantitative estimate of drug-likeness (QED) is 0.471. The average Bonchev–Trinajstić information content (AvgIpc) is 2.80. The van der Waals surface area contributed by atoms with Gasteiger partial charge in [-0.15, -0.1) is 11.3 Å². The first-order valence-electron chi connectivity index (χ1n) is 5.25. The van der Waals surface area contributed by atoms with Crippen molar-refractivity contribution in [2.24, 2.45) is 0 Å². The van der Waals surface area contributed by atoms with Crippen LogP contribution in [0.15, 0.2) is 36.4 Å². The molecule has 0 bridgehead atoms. The smallest absolute Gasteiger partial charge is 0.0860 e. The van der Waals surface area contributed by atoms with Crippen LogP contribution in [0, 0.1) is 9.88 Å². The average molecular weight is 223 g/mol. The first kappa shape index (κ1) is 8.36. The van der Waals surface area contributed by atoms with Crippen LogP contribution in [-0.2, 0) is 0 Å². The number of aromatic nitrogens is 1. The molecule has 0 aromatic heterocycles. The zero-order chi connectivity index (χ0) is 10.7. The van der Waals surface area contributed by atoms with Gasteiger partial charge in [0.15, 0.2) is 0 Å². The molecule has 2 heteroatoms. The summed E-state index contributed by atoms with van der Waals surface area (Å²) in [5.41, 5.74) is 0. The van der Waals surface area contributed by atoms with E-state index in [-0.39, 0.29) is 0 Å². The van der Waals surface area contributed by atoms with E-state index in [0.29, 0.717) is 0 Å². The molecule has 1 nitrogen and oxygen atoms in total. The number of rotatable bonds is 0. The van der Waals surface area contributed by atoms with E-state index < -0.39 is 0 Å². The number of aromatic amines is 1. The molecule has 0 radical (unpaired) electrons. The van der Waals surface area contributed by atoms with E-state index in [1.807, 2.05) is 0 Å². The highest BCUT2D eigenvalue weighted by Gasteiger charge is 2.09. The van der Waals surface area contributed by atoms with Crippen molar-refractivity contribution in [1.82, 2.24) is 4.98 Å². The Morgan fingerprint density at radius 2 is 1.75 bits per heavy atom. The lowest BCUT2D eigenvalue weighted by Crippen LogP contribution is -1.91. The normalized spacial score (nSPS) is 12.0. The van der Waals surface area contributed by atoms with Gasteiger partial charge >= 0.3 is 0 Å². The third-order valence-corrected chi connectivity index (χ3v) is 4.11. The van der Waals surface area contributed by atoms with E-state index in [4.69, 9.17) is 0 Å². The molecule has 2 aromatic rings. The van der Waals surface area contributed by atoms with Crippen LogP contribution in [0.4, 0.5) is 0 Å². The zero-order valence-corrected chi connectivity index (χ0v) is 9.40. The SMILES string of the molecule is C=c1[nH]c2c3cccc4cccc(c=2s1)c43. The molecular formula is C14H9NS. The molecule has 16 heavy (non-hydrogen) atoms. The lowest BCUT2D eigenvalue weighted by molar-refractivity contribution is 1.31. The van der Waals surface area contributed by atoms with E-state index >= 15 is 0 Å². The van der Waals surface area contributed by atoms with Crippen molar-refractivity contribution in [3.8, 4) is 0 Å². The molecule has 0 saturated carbocycles. The van der Waals surface area contributed by atoms with Crippen LogP contribution < -0.4 is 4.66 Å². The number of fused-ring (bicyclic) bond motifs is 2. The Bertz CT molecular complexity index is 844. The molecule has 0 unspecified atom stereocenters. The molecule has 0 atom stereocenters. The van der Waals surface area contributed by atoms with Crippen molar-refractivity contribution in [3.63, 3.8) is 0 Å². The third-order valence-electron chi connectivity index (χ3n) is 3.14. The predicted octanol–water partition coefficient (Wildman–Crippen LogP) is 3.24. The molecule has 2 aromatic carbocycles. The van der Waals surface area contributed by atoms with E-state index in [0.717, 1.165) is 4.66 Å². The van der Waals surface area contributed by atoms with E-state index in [1.165, 1.54) is 31.4 Å². The molecule has 76 valence electrons. The summed E-state index contributed by atoms with van der Waals surface area (Å²) in [5, 5.41) is 6.59. The van der Waals surface area contributed by atoms with Crippen LogP contribution in [-0.4, -0.2) is 4.98 Å². The second-order valence-corrected chi connectivity index (χ2v) is 5.17. The Hall–Kier alpha value is -1.80. The molecule has 0 amide bonds. The minimum atomic E-state index is 1.02. The molecule has 4 rings (SSSR count). The maximum absolute atomic E-state index is 3.98. The van der Waals surface area contributed by atoms with Crippen molar-refractivity contribution in [2.45, 2.75) is 0 Å². The molecule has 1 heterocycles. The fourth-order valence-electron chi connectivity index (χ4n) is 2.51. The van der Waals surface area contributed by atoms with Gasteiger partial charge in [-0.05, 0) is 10.8 Å². The molecular weight excluding hydrogens is 214 g/mol. The van der Waals surface area contributed by atoms with Gasteiger partial charge in [-0.2, -0.15) is 0 Å². The van der Waals surface area contributed by atoms with Crippen molar-refractivity contribution in [2.75, 3.05) is 0 Å². The summed E-state index contributed by atoms with van der Waals surface area (Å²) in [7, 11) is 0. The lowest BCUT2D eigenvalue weighted by Gasteiger charge is -1.97. The summed E-state index contributed by atoms with van der Waals surface area (Å²) in [6, 6.07) is 13.0. The first-order valence-corrected chi connectivity index (χ1v) is 6.07. The van der Waals surface area contributed by atoms with E-state index in [2.05, 4.69) is 48.0 Å². The molecule has 0 spiro atoms. The lowest BCUT2D eigenvalue weighted by atomic mass is 10.1. The molecule has 0 saturated heterocycles. The fourth-order valence-corrected chi connectivity index (χ4v) is 3.46. The first-order chi connectivity index (χ1) is 7.84. The Labute approximate surface area is 95.7 Å². The molecule has 1 N–H and O–H groups in total. The number of benzene rings is 2. The van der Waals surface area contributed by atoms with E-state index in [9.17, 15) is 0 Å². The Balaban J connectivity index is 2.56. The van der Waals surface area contributed by atoms with Crippen LogP contribution in [0.1, 0.15) is 0 Å². The van der Waals surface area contributed by atoms with Crippen molar-refractivity contribution < 1.29 is 0 Å². The number of nitrogens with one attached hydrogen (secondary N) is 1. The van der Waals surface area contributed by atoms with Gasteiger partial charge in [0.1, 0.15) is 0 Å². The molecule has 2 aliphatic rings. The van der Waals surface area contributed by atoms with Gasteiger partial charge in [0.05, 0.1) is 14.5 Å². The van der Waals surface area contributed by atoms with Crippen molar-refractivity contribution in [3.05, 3.63) is 50.9 Å². The van der Waals surface area contributed by atoms with Crippen molar-refractivity contribution >= 4 is 39.5 Å². The number of H-pyrrole nitrogens is 1. The van der Waals surface area contributed by atoms with Crippen LogP contribution in [0.3, 0.4) is 0 Å². The maximum Gasteiger partial charge on any atom is 0.0860 e. The highest BCUT2D eigenvalue weighted by Crippen LogP contribution is 2.31. The second kappa shape index (κ2) is 2.66. The summed E-state index contributed by atoms with van der Waals surface area (Å²) >= 11 is 1.74. The van der Waals surface area contributed by atoms with Crippen molar-refractivity contribution in [1.29, 1.82) is 0 Å². The van der Waals surface area contributed by atoms with Gasteiger partial charge < -0.3 is 4.98 Å². The second-order valence-electron chi connectivity index (χ2n) is 4.06. The largest absolute Gasteiger partial charge is 0.346 e. The van der Waals surface area contributed by atoms with Gasteiger partial charge in [-0.1, -0.05) is 43.0 Å². The van der Waals surface area contributed by atoms with Gasteiger partial charge in [0, 0.05) is 10.8 Å². The standard InChI is InChI=1S/C14H9NS/c1-8-15-13-10-6-2-4-9-5-3-7-11(12(9)10)14(13)16-8/h2-7,15H,1H2. The molecule has 0 fully saturated rings. The Morgan fingerprint density at radius 3 is 2.56 bits per heavy atom. The predicted molar refractivity (Wildman–Crippen MR) is 69.7 cm³/mol. The third kappa shape index (κ3) is 0.859. The summed E-state index contributed by atoms with van der Waals surface area (Å²) < 4.78 is 2.35. The zero-order valence-electron chi connectivity index (χ0n) is 8.58. The van der Waals surface area contributed by atoms with Crippen LogP contribution in [0.5, 0.6) is 0 Å². The molecule has 1 aliphatic heterocycles. The topological polar surface area (TPSA) is 15.8 Å². The highest BCUT2D eigenvalue weighted by atomic mass is 32.1. The van der Waals surface area contributed by atoms with E-state index in [1.54, 1.807) is 11.3 Å². The minimum absolute atomic E-state index is 1.02. The monoisotopic (exact) mass is 223 g/mol. The summed E-state index contributed by atoms with van der Waals surface area (Å²) in [6.07, 6.45) is 0. The molecule has 1 aliphatic carbocycles. The summed E-state index contributed by atoms with van der Waals surface area (Å²) in [4.78, 5) is 3.37. The van der Waals surface area contributed by atoms with Gasteiger partial charge in [-0.3, -0.25) is 0 Å². The van der Waals surface area contributed by atoms with Crippen LogP contribution in [0.2, 0.25) is 0 Å². The Kier molecular flexibility index (Phi) is 1.39. The Morgan fingerprint density at radius 1 is 1.00 bits per heavy atom. The van der Waals surface area contributed by atoms with Gasteiger partial charge in [0.2, 0.25) is 0 Å². The summed E-state index contributed by atoms with van der Waals surface area (Å²) in [6.45, 7) is 3.98. The summed E-state index contributed by atoms with van der Waals surface area (Å²) in [5.74, 6) is 0. The number of hydrogen-bond acceptors (Lipinski definition) is 1. The highest BCUT2D eigenvalue weighted by molar-refractivity contribution is 7.08. The number of hydrogen-bond donors (Lipinski definition) is 1. The maximum atomic E-state index is 3.98. The van der Waals surface area contributed by atoms with Crippen LogP contribution >= 0.6 is 11.3 Å². The fraction of sp³-hybridized carbons (Fsp3) is 0.